The van der Waals surface area contributed by atoms with E-state index in [1.54, 1.807) is 13.3 Å². The molecule has 21 heavy (non-hydrogen) atoms. The fraction of sp³-hybridized carbons (Fsp3) is 0.375. The van der Waals surface area contributed by atoms with E-state index in [1.165, 1.54) is 0 Å². The summed E-state index contributed by atoms with van der Waals surface area (Å²) >= 11 is 0. The molecule has 2 N–H and O–H groups in total. The summed E-state index contributed by atoms with van der Waals surface area (Å²) in [6.45, 7) is 6.29. The molecule has 1 aromatic carbocycles. The SMILES string of the molecule is CCC(C)Nc1ccnc(Nc2cc(C)ccc2OC)n1. The summed E-state index contributed by atoms with van der Waals surface area (Å²) in [5.41, 5.74) is 2.00. The summed E-state index contributed by atoms with van der Waals surface area (Å²) in [6.07, 6.45) is 2.78. The lowest BCUT2D eigenvalue weighted by Gasteiger charge is -2.14. The molecule has 0 spiro atoms. The van der Waals surface area contributed by atoms with Crippen LogP contribution in [0.4, 0.5) is 17.5 Å². The monoisotopic (exact) mass is 286 g/mol. The van der Waals surface area contributed by atoms with E-state index in [-0.39, 0.29) is 0 Å². The van der Waals surface area contributed by atoms with Gasteiger partial charge in [-0.05, 0) is 44.0 Å². The van der Waals surface area contributed by atoms with E-state index in [0.29, 0.717) is 12.0 Å². The molecule has 2 aromatic rings. The van der Waals surface area contributed by atoms with Crippen molar-refractivity contribution in [3.8, 4) is 5.75 Å². The minimum Gasteiger partial charge on any atom is -0.495 e. The minimum atomic E-state index is 0.376. The van der Waals surface area contributed by atoms with Crippen LogP contribution in [0.1, 0.15) is 25.8 Å². The van der Waals surface area contributed by atoms with Crippen molar-refractivity contribution >= 4 is 17.5 Å². The van der Waals surface area contributed by atoms with Crippen LogP contribution in [0.15, 0.2) is 30.5 Å². The van der Waals surface area contributed by atoms with E-state index < -0.39 is 0 Å². The summed E-state index contributed by atoms with van der Waals surface area (Å²) in [7, 11) is 1.65. The maximum Gasteiger partial charge on any atom is 0.229 e. The third-order valence-corrected chi connectivity index (χ3v) is 3.26. The number of aromatic nitrogens is 2. The number of hydrogen-bond donors (Lipinski definition) is 2. The predicted molar refractivity (Wildman–Crippen MR) is 86.4 cm³/mol. The lowest BCUT2D eigenvalue weighted by molar-refractivity contribution is 0.416. The third kappa shape index (κ3) is 4.08. The molecule has 5 nitrogen and oxygen atoms in total. The van der Waals surface area contributed by atoms with E-state index in [0.717, 1.165) is 29.2 Å². The Morgan fingerprint density at radius 1 is 1.29 bits per heavy atom. The molecular formula is C16H22N4O. The van der Waals surface area contributed by atoms with Crippen molar-refractivity contribution in [2.75, 3.05) is 17.7 Å². The number of methoxy groups -OCH3 is 1. The van der Waals surface area contributed by atoms with E-state index in [2.05, 4.69) is 34.4 Å². The van der Waals surface area contributed by atoms with Gasteiger partial charge in [-0.15, -0.1) is 0 Å². The van der Waals surface area contributed by atoms with Crippen LogP contribution in [0.25, 0.3) is 0 Å². The van der Waals surface area contributed by atoms with Crippen LogP contribution in [0.2, 0.25) is 0 Å². The molecule has 0 aliphatic rings. The fourth-order valence-corrected chi connectivity index (χ4v) is 1.89. The molecule has 1 heterocycles. The number of anilines is 3. The van der Waals surface area contributed by atoms with Crippen LogP contribution in [-0.2, 0) is 0 Å². The quantitative estimate of drug-likeness (QED) is 0.847. The molecule has 0 saturated carbocycles. The van der Waals surface area contributed by atoms with Gasteiger partial charge in [0.15, 0.2) is 0 Å². The van der Waals surface area contributed by atoms with Crippen LogP contribution in [-0.4, -0.2) is 23.1 Å². The van der Waals surface area contributed by atoms with Gasteiger partial charge < -0.3 is 15.4 Å². The molecule has 0 aliphatic heterocycles. The molecule has 5 heteroatoms. The number of rotatable bonds is 6. The molecule has 112 valence electrons. The minimum absolute atomic E-state index is 0.376. The topological polar surface area (TPSA) is 59.1 Å². The highest BCUT2D eigenvalue weighted by Gasteiger charge is 2.07. The lowest BCUT2D eigenvalue weighted by Crippen LogP contribution is -2.15. The zero-order chi connectivity index (χ0) is 15.2. The second-order valence-electron chi connectivity index (χ2n) is 5.05. The summed E-state index contributed by atoms with van der Waals surface area (Å²) in [6, 6.07) is 8.19. The standard InChI is InChI=1S/C16H22N4O/c1-5-12(3)18-15-8-9-17-16(20-15)19-13-10-11(2)6-7-14(13)21-4/h6-10,12H,5H2,1-4H3,(H2,17,18,19,20). The highest BCUT2D eigenvalue weighted by molar-refractivity contribution is 5.64. The Bertz CT molecular complexity index is 601. The number of nitrogens with one attached hydrogen (secondary N) is 2. The van der Waals surface area contributed by atoms with E-state index >= 15 is 0 Å². The molecule has 0 radical (unpaired) electrons. The predicted octanol–water partition coefficient (Wildman–Crippen LogP) is 3.75. The second-order valence-corrected chi connectivity index (χ2v) is 5.05. The molecule has 0 saturated heterocycles. The number of nitrogens with zero attached hydrogens (tertiary/aromatic N) is 2. The first-order valence-electron chi connectivity index (χ1n) is 7.13. The van der Waals surface area contributed by atoms with Crippen molar-refractivity contribution in [1.29, 1.82) is 0 Å². The second kappa shape index (κ2) is 6.92. The van der Waals surface area contributed by atoms with Crippen LogP contribution >= 0.6 is 0 Å². The molecule has 0 aliphatic carbocycles. The van der Waals surface area contributed by atoms with Gasteiger partial charge in [0.1, 0.15) is 11.6 Å². The molecule has 1 aromatic heterocycles. The van der Waals surface area contributed by atoms with Crippen molar-refractivity contribution in [3.63, 3.8) is 0 Å². The Morgan fingerprint density at radius 2 is 2.10 bits per heavy atom. The lowest BCUT2D eigenvalue weighted by atomic mass is 10.2. The smallest absolute Gasteiger partial charge is 0.229 e. The van der Waals surface area contributed by atoms with E-state index in [9.17, 15) is 0 Å². The molecule has 1 atom stereocenters. The van der Waals surface area contributed by atoms with Crippen molar-refractivity contribution in [1.82, 2.24) is 9.97 Å². The normalized spacial score (nSPS) is 11.8. The zero-order valence-electron chi connectivity index (χ0n) is 13.0. The van der Waals surface area contributed by atoms with Crippen LogP contribution in [0, 0.1) is 6.92 Å². The molecule has 0 fully saturated rings. The van der Waals surface area contributed by atoms with E-state index in [1.807, 2.05) is 31.2 Å². The van der Waals surface area contributed by atoms with Gasteiger partial charge in [-0.2, -0.15) is 4.98 Å². The van der Waals surface area contributed by atoms with Crippen molar-refractivity contribution in [2.24, 2.45) is 0 Å². The van der Waals surface area contributed by atoms with Gasteiger partial charge in [0.05, 0.1) is 12.8 Å². The maximum absolute atomic E-state index is 5.35. The molecule has 0 amide bonds. The highest BCUT2D eigenvalue weighted by Crippen LogP contribution is 2.27. The Morgan fingerprint density at radius 3 is 2.81 bits per heavy atom. The number of benzene rings is 1. The Kier molecular flexibility index (Phi) is 4.98. The molecule has 0 bridgehead atoms. The first kappa shape index (κ1) is 15.1. The Hall–Kier alpha value is -2.30. The summed E-state index contributed by atoms with van der Waals surface area (Å²) in [5.74, 6) is 2.13. The Balaban J connectivity index is 2.20. The zero-order valence-corrected chi connectivity index (χ0v) is 13.0. The van der Waals surface area contributed by atoms with E-state index in [4.69, 9.17) is 4.74 Å². The van der Waals surface area contributed by atoms with Gasteiger partial charge >= 0.3 is 0 Å². The molecule has 2 rings (SSSR count). The van der Waals surface area contributed by atoms with Gasteiger partial charge in [0, 0.05) is 12.2 Å². The largest absolute Gasteiger partial charge is 0.495 e. The summed E-state index contributed by atoms with van der Waals surface area (Å²) in [4.78, 5) is 8.73. The van der Waals surface area contributed by atoms with Crippen molar-refractivity contribution < 1.29 is 4.74 Å². The third-order valence-electron chi connectivity index (χ3n) is 3.26. The van der Waals surface area contributed by atoms with Gasteiger partial charge in [0.25, 0.3) is 0 Å². The van der Waals surface area contributed by atoms with Gasteiger partial charge in [-0.3, -0.25) is 0 Å². The Labute approximate surface area is 125 Å². The number of aryl methyl sites for hydroxylation is 1. The van der Waals surface area contributed by atoms with Crippen LogP contribution in [0.5, 0.6) is 5.75 Å². The van der Waals surface area contributed by atoms with Gasteiger partial charge in [0.2, 0.25) is 5.95 Å². The number of ether oxygens (including phenoxy) is 1. The average molecular weight is 286 g/mol. The summed E-state index contributed by atoms with van der Waals surface area (Å²) < 4.78 is 5.35. The number of hydrogen-bond acceptors (Lipinski definition) is 5. The van der Waals surface area contributed by atoms with Gasteiger partial charge in [-0.25, -0.2) is 4.98 Å². The highest BCUT2D eigenvalue weighted by atomic mass is 16.5. The summed E-state index contributed by atoms with van der Waals surface area (Å²) in [5, 5.41) is 6.54. The van der Waals surface area contributed by atoms with Crippen molar-refractivity contribution in [3.05, 3.63) is 36.0 Å². The fourth-order valence-electron chi connectivity index (χ4n) is 1.89. The molecular weight excluding hydrogens is 264 g/mol. The molecule has 1 unspecified atom stereocenters. The first-order chi connectivity index (χ1) is 10.1. The average Bonchev–Trinajstić information content (AvgIpc) is 2.48. The first-order valence-corrected chi connectivity index (χ1v) is 7.13. The van der Waals surface area contributed by atoms with Gasteiger partial charge in [-0.1, -0.05) is 13.0 Å². The van der Waals surface area contributed by atoms with Crippen molar-refractivity contribution in [2.45, 2.75) is 33.2 Å². The van der Waals surface area contributed by atoms with Crippen LogP contribution < -0.4 is 15.4 Å². The maximum atomic E-state index is 5.35. The van der Waals surface area contributed by atoms with Crippen LogP contribution in [0.3, 0.4) is 0 Å².